The van der Waals surface area contributed by atoms with Crippen molar-refractivity contribution in [2.45, 2.75) is 25.3 Å². The molecule has 1 aliphatic carbocycles. The number of anilines is 1. The summed E-state index contributed by atoms with van der Waals surface area (Å²) in [5, 5.41) is 4.75. The molecule has 3 aromatic rings. The smallest absolute Gasteiger partial charge is 0.230 e. The fourth-order valence-corrected chi connectivity index (χ4v) is 4.10. The number of nitrogens with one attached hydrogen (secondary N) is 1. The summed E-state index contributed by atoms with van der Waals surface area (Å²) in [6, 6.07) is 11.0. The first-order valence-electron chi connectivity index (χ1n) is 8.74. The zero-order chi connectivity index (χ0) is 19.7. The van der Waals surface area contributed by atoms with Crippen LogP contribution in [0.15, 0.2) is 57.3 Å². The first kappa shape index (κ1) is 19.0. The monoisotopic (exact) mass is 463 g/mol. The van der Waals surface area contributed by atoms with Crippen LogP contribution in [0.5, 0.6) is 0 Å². The van der Waals surface area contributed by atoms with E-state index in [2.05, 4.69) is 26.2 Å². The van der Waals surface area contributed by atoms with Gasteiger partial charge in [0, 0.05) is 33.3 Å². The van der Waals surface area contributed by atoms with Crippen molar-refractivity contribution in [1.82, 2.24) is 4.57 Å². The molecular formula is C20H16BrF2N3OS. The van der Waals surface area contributed by atoms with E-state index in [0.717, 1.165) is 34.8 Å². The number of thiazole rings is 1. The van der Waals surface area contributed by atoms with Crippen molar-refractivity contribution < 1.29 is 13.6 Å². The quantitative estimate of drug-likeness (QED) is 0.545. The average Bonchev–Trinajstić information content (AvgIpc) is 3.42. The topological polar surface area (TPSA) is 46.4 Å². The number of amides is 1. The molecule has 4 nitrogen and oxygen atoms in total. The van der Waals surface area contributed by atoms with Gasteiger partial charge in [-0.2, -0.15) is 0 Å². The molecule has 0 saturated heterocycles. The maximum Gasteiger partial charge on any atom is 0.230 e. The van der Waals surface area contributed by atoms with Crippen LogP contribution in [0.1, 0.15) is 24.6 Å². The minimum atomic E-state index is -0.703. The molecule has 0 atom stereocenters. The fourth-order valence-electron chi connectivity index (χ4n) is 2.87. The second-order valence-electron chi connectivity index (χ2n) is 6.55. The Labute approximate surface area is 172 Å². The SMILES string of the molecule is O=C(Cc1csc(=Nc2ccc(F)cc2F)n1C1CC1)Nc1ccc(Br)cc1. The fraction of sp³-hybridized carbons (Fsp3) is 0.200. The summed E-state index contributed by atoms with van der Waals surface area (Å²) in [6.07, 6.45) is 2.19. The van der Waals surface area contributed by atoms with Crippen molar-refractivity contribution in [2.75, 3.05) is 5.32 Å². The molecule has 0 aliphatic heterocycles. The van der Waals surface area contributed by atoms with Gasteiger partial charge in [0.1, 0.15) is 11.5 Å². The van der Waals surface area contributed by atoms with Gasteiger partial charge in [-0.3, -0.25) is 4.79 Å². The molecule has 1 fully saturated rings. The van der Waals surface area contributed by atoms with Crippen LogP contribution in [0.3, 0.4) is 0 Å². The van der Waals surface area contributed by atoms with Crippen molar-refractivity contribution >= 4 is 44.5 Å². The van der Waals surface area contributed by atoms with E-state index in [1.165, 1.54) is 23.5 Å². The number of carbonyl (C=O) groups is 1. The number of halogens is 3. The van der Waals surface area contributed by atoms with E-state index >= 15 is 0 Å². The molecule has 2 aromatic carbocycles. The Hall–Kier alpha value is -2.32. The second kappa shape index (κ2) is 7.97. The highest BCUT2D eigenvalue weighted by molar-refractivity contribution is 9.10. The average molecular weight is 464 g/mol. The maximum absolute atomic E-state index is 14.0. The molecule has 1 aromatic heterocycles. The lowest BCUT2D eigenvalue weighted by atomic mass is 10.2. The van der Waals surface area contributed by atoms with Gasteiger partial charge in [-0.1, -0.05) is 15.9 Å². The van der Waals surface area contributed by atoms with Crippen molar-refractivity contribution in [1.29, 1.82) is 0 Å². The summed E-state index contributed by atoms with van der Waals surface area (Å²) in [5.74, 6) is -1.47. The van der Waals surface area contributed by atoms with Crippen molar-refractivity contribution in [3.63, 3.8) is 0 Å². The highest BCUT2D eigenvalue weighted by Crippen LogP contribution is 2.35. The summed E-state index contributed by atoms with van der Waals surface area (Å²) in [7, 11) is 0. The summed E-state index contributed by atoms with van der Waals surface area (Å²) in [6.45, 7) is 0. The Morgan fingerprint density at radius 3 is 2.64 bits per heavy atom. The minimum Gasteiger partial charge on any atom is -0.326 e. The third-order valence-corrected chi connectivity index (χ3v) is 5.74. The Bertz CT molecular complexity index is 1090. The summed E-state index contributed by atoms with van der Waals surface area (Å²) in [4.78, 5) is 17.4. The Kier molecular flexibility index (Phi) is 5.41. The van der Waals surface area contributed by atoms with Crippen molar-refractivity contribution in [3.05, 3.63) is 74.4 Å². The van der Waals surface area contributed by atoms with Crippen LogP contribution in [-0.2, 0) is 11.2 Å². The minimum absolute atomic E-state index is 0.0866. The lowest BCUT2D eigenvalue weighted by Gasteiger charge is -2.09. The Morgan fingerprint density at radius 2 is 1.96 bits per heavy atom. The van der Waals surface area contributed by atoms with Crippen LogP contribution in [0.2, 0.25) is 0 Å². The van der Waals surface area contributed by atoms with Crippen LogP contribution in [0, 0.1) is 11.6 Å². The third kappa shape index (κ3) is 4.39. The van der Waals surface area contributed by atoms with Crippen LogP contribution < -0.4 is 10.1 Å². The summed E-state index contributed by atoms with van der Waals surface area (Å²) in [5.41, 5.74) is 1.64. The van der Waals surface area contributed by atoms with Gasteiger partial charge in [0.2, 0.25) is 5.91 Å². The van der Waals surface area contributed by atoms with Crippen molar-refractivity contribution in [3.8, 4) is 0 Å². The molecule has 1 aliphatic rings. The zero-order valence-corrected chi connectivity index (χ0v) is 17.1. The van der Waals surface area contributed by atoms with E-state index in [4.69, 9.17) is 0 Å². The molecular weight excluding hydrogens is 448 g/mol. The molecule has 1 N–H and O–H groups in total. The van der Waals surface area contributed by atoms with Gasteiger partial charge in [-0.15, -0.1) is 11.3 Å². The van der Waals surface area contributed by atoms with E-state index in [1.54, 1.807) is 0 Å². The van der Waals surface area contributed by atoms with Gasteiger partial charge >= 0.3 is 0 Å². The van der Waals surface area contributed by atoms with Gasteiger partial charge in [-0.05, 0) is 49.2 Å². The van der Waals surface area contributed by atoms with E-state index in [9.17, 15) is 13.6 Å². The highest BCUT2D eigenvalue weighted by atomic mass is 79.9. The van der Waals surface area contributed by atoms with Crippen LogP contribution in [0.4, 0.5) is 20.2 Å². The Morgan fingerprint density at radius 1 is 1.21 bits per heavy atom. The lowest BCUT2D eigenvalue weighted by molar-refractivity contribution is -0.115. The Balaban J connectivity index is 1.59. The molecule has 0 unspecified atom stereocenters. The van der Waals surface area contributed by atoms with Gasteiger partial charge < -0.3 is 9.88 Å². The van der Waals surface area contributed by atoms with Gasteiger partial charge in [0.25, 0.3) is 0 Å². The van der Waals surface area contributed by atoms with Crippen LogP contribution in [-0.4, -0.2) is 10.5 Å². The lowest BCUT2D eigenvalue weighted by Crippen LogP contribution is -2.21. The summed E-state index contributed by atoms with van der Waals surface area (Å²) < 4.78 is 30.0. The van der Waals surface area contributed by atoms with Crippen LogP contribution in [0.25, 0.3) is 0 Å². The predicted molar refractivity (Wildman–Crippen MR) is 109 cm³/mol. The number of nitrogens with zero attached hydrogens (tertiary/aromatic N) is 2. The standard InChI is InChI=1S/C20H16BrF2N3OS/c21-12-1-4-14(5-2-12)24-19(27)10-16-11-28-20(26(16)15-6-7-15)25-18-8-3-13(22)9-17(18)23/h1-5,8-9,11,15H,6-7,10H2,(H,24,27). The molecule has 1 saturated carbocycles. The molecule has 8 heteroatoms. The molecule has 144 valence electrons. The van der Waals surface area contributed by atoms with Gasteiger partial charge in [-0.25, -0.2) is 13.8 Å². The largest absolute Gasteiger partial charge is 0.326 e. The predicted octanol–water partition coefficient (Wildman–Crippen LogP) is 5.34. The highest BCUT2D eigenvalue weighted by Gasteiger charge is 2.27. The van der Waals surface area contributed by atoms with Gasteiger partial charge in [0.05, 0.1) is 6.42 Å². The van der Waals surface area contributed by atoms with Crippen molar-refractivity contribution in [2.24, 2.45) is 4.99 Å². The van der Waals surface area contributed by atoms with Crippen LogP contribution >= 0.6 is 27.3 Å². The van der Waals surface area contributed by atoms with E-state index < -0.39 is 11.6 Å². The number of benzene rings is 2. The molecule has 0 bridgehead atoms. The maximum atomic E-state index is 14.0. The molecule has 1 heterocycles. The number of aromatic nitrogens is 1. The van der Waals surface area contributed by atoms with Gasteiger partial charge in [0.15, 0.2) is 10.6 Å². The van der Waals surface area contributed by atoms with E-state index in [0.29, 0.717) is 4.80 Å². The molecule has 28 heavy (non-hydrogen) atoms. The number of carbonyl (C=O) groups excluding carboxylic acids is 1. The third-order valence-electron chi connectivity index (χ3n) is 4.32. The molecule has 4 rings (SSSR count). The van der Waals surface area contributed by atoms with E-state index in [-0.39, 0.29) is 24.1 Å². The summed E-state index contributed by atoms with van der Waals surface area (Å²) >= 11 is 4.72. The first-order chi connectivity index (χ1) is 13.5. The normalized spacial score (nSPS) is 14.3. The number of hydrogen-bond acceptors (Lipinski definition) is 3. The molecule has 1 amide bonds. The van der Waals surface area contributed by atoms with E-state index in [1.807, 2.05) is 34.2 Å². The number of rotatable bonds is 5. The zero-order valence-electron chi connectivity index (χ0n) is 14.7. The number of hydrogen-bond donors (Lipinski definition) is 1. The molecule has 0 spiro atoms. The first-order valence-corrected chi connectivity index (χ1v) is 10.4. The second-order valence-corrected chi connectivity index (χ2v) is 8.30. The molecule has 0 radical (unpaired) electrons.